The summed E-state index contributed by atoms with van der Waals surface area (Å²) in [7, 11) is 2.17. The van der Waals surface area contributed by atoms with Crippen molar-refractivity contribution in [1.29, 1.82) is 0 Å². The van der Waals surface area contributed by atoms with Crippen molar-refractivity contribution in [1.82, 2.24) is 9.88 Å². The predicted octanol–water partition coefficient (Wildman–Crippen LogP) is 4.72. The first kappa shape index (κ1) is 15.4. The maximum atomic E-state index is 11.2. The predicted molar refractivity (Wildman–Crippen MR) is 99.0 cm³/mol. The standard InChI is InChI=1S/C20H19ClN2O/c1-23-7-6-15(11-23)13-2-4-14(5-3-13)17-8-18-16(12-24)10-22-20(18)9-19(17)21/h2-5,8-10,12,15,22H,6-7,11H2,1H3/t15-/m0/s1. The Hall–Kier alpha value is -2.10. The Balaban J connectivity index is 1.71. The molecular formula is C20H19ClN2O. The lowest BCUT2D eigenvalue weighted by molar-refractivity contribution is 0.112. The lowest BCUT2D eigenvalue weighted by atomic mass is 9.95. The highest BCUT2D eigenvalue weighted by atomic mass is 35.5. The molecule has 1 saturated heterocycles. The number of likely N-dealkylation sites (tertiary alicyclic amines) is 1. The molecule has 3 aromatic rings. The van der Waals surface area contributed by atoms with E-state index < -0.39 is 0 Å². The number of fused-ring (bicyclic) bond motifs is 1. The normalized spacial score (nSPS) is 18.3. The second kappa shape index (κ2) is 6.08. The number of aldehydes is 1. The van der Waals surface area contributed by atoms with Gasteiger partial charge < -0.3 is 9.88 Å². The third-order valence-corrected chi connectivity index (χ3v) is 5.33. The van der Waals surface area contributed by atoms with Crippen molar-refractivity contribution in [3.05, 3.63) is 58.7 Å². The summed E-state index contributed by atoms with van der Waals surface area (Å²) >= 11 is 6.46. The fraction of sp³-hybridized carbons (Fsp3) is 0.250. The van der Waals surface area contributed by atoms with E-state index in [-0.39, 0.29) is 0 Å². The van der Waals surface area contributed by atoms with E-state index >= 15 is 0 Å². The number of halogens is 1. The summed E-state index contributed by atoms with van der Waals surface area (Å²) in [6.45, 7) is 2.29. The molecule has 0 aliphatic carbocycles. The van der Waals surface area contributed by atoms with Crippen molar-refractivity contribution in [2.45, 2.75) is 12.3 Å². The molecule has 2 aromatic carbocycles. The van der Waals surface area contributed by atoms with Gasteiger partial charge in [-0.15, -0.1) is 0 Å². The van der Waals surface area contributed by atoms with Crippen molar-refractivity contribution in [2.75, 3.05) is 20.1 Å². The Morgan fingerprint density at radius 3 is 2.71 bits per heavy atom. The number of aromatic nitrogens is 1. The Labute approximate surface area is 146 Å². The SMILES string of the molecule is CN1CC[C@H](c2ccc(-c3cc4c(C=O)c[nH]c4cc3Cl)cc2)C1. The zero-order valence-electron chi connectivity index (χ0n) is 13.6. The van der Waals surface area contributed by atoms with Crippen molar-refractivity contribution >= 4 is 28.8 Å². The minimum absolute atomic E-state index is 0.619. The van der Waals surface area contributed by atoms with Crippen LogP contribution in [0.15, 0.2) is 42.6 Å². The highest BCUT2D eigenvalue weighted by Gasteiger charge is 2.21. The van der Waals surface area contributed by atoms with Gasteiger partial charge in [0.2, 0.25) is 0 Å². The zero-order chi connectivity index (χ0) is 16.7. The summed E-state index contributed by atoms with van der Waals surface area (Å²) in [5.41, 5.74) is 4.97. The first-order valence-corrected chi connectivity index (χ1v) is 8.58. The van der Waals surface area contributed by atoms with Crippen LogP contribution in [0.4, 0.5) is 0 Å². The second-order valence-corrected chi connectivity index (χ2v) is 7.02. The third-order valence-electron chi connectivity index (χ3n) is 5.01. The van der Waals surface area contributed by atoms with Crippen LogP contribution in [0.2, 0.25) is 5.02 Å². The Morgan fingerprint density at radius 1 is 1.25 bits per heavy atom. The Morgan fingerprint density at radius 2 is 2.04 bits per heavy atom. The van der Waals surface area contributed by atoms with Crippen molar-refractivity contribution in [2.24, 2.45) is 0 Å². The molecule has 0 saturated carbocycles. The average Bonchev–Trinajstić information content (AvgIpc) is 3.20. The minimum Gasteiger partial charge on any atom is -0.360 e. The minimum atomic E-state index is 0.619. The topological polar surface area (TPSA) is 36.1 Å². The summed E-state index contributed by atoms with van der Waals surface area (Å²) in [4.78, 5) is 16.6. The number of hydrogen-bond acceptors (Lipinski definition) is 2. The van der Waals surface area contributed by atoms with Crippen LogP contribution in [0, 0.1) is 0 Å². The van der Waals surface area contributed by atoms with Crippen LogP contribution in [0.1, 0.15) is 28.3 Å². The van der Waals surface area contributed by atoms with Crippen molar-refractivity contribution in [3.8, 4) is 11.1 Å². The fourth-order valence-corrected chi connectivity index (χ4v) is 3.90. The molecule has 1 N–H and O–H groups in total. The molecule has 0 spiro atoms. The number of likely N-dealkylation sites (N-methyl/N-ethyl adjacent to an activating group) is 1. The molecule has 2 heterocycles. The molecule has 0 bridgehead atoms. The molecule has 1 aromatic heterocycles. The van der Waals surface area contributed by atoms with Crippen molar-refractivity contribution < 1.29 is 4.79 Å². The van der Waals surface area contributed by atoms with Crippen LogP contribution >= 0.6 is 11.6 Å². The largest absolute Gasteiger partial charge is 0.360 e. The Bertz CT molecular complexity index is 898. The number of nitrogens with zero attached hydrogens (tertiary/aromatic N) is 1. The number of H-pyrrole nitrogens is 1. The van der Waals surface area contributed by atoms with Gasteiger partial charge in [-0.05, 0) is 49.2 Å². The van der Waals surface area contributed by atoms with Gasteiger partial charge in [-0.25, -0.2) is 0 Å². The molecule has 3 nitrogen and oxygen atoms in total. The van der Waals surface area contributed by atoms with E-state index in [0.717, 1.165) is 41.4 Å². The Kier molecular flexibility index (Phi) is 3.91. The molecule has 1 fully saturated rings. The fourth-order valence-electron chi connectivity index (χ4n) is 3.63. The van der Waals surface area contributed by atoms with E-state index in [9.17, 15) is 4.79 Å². The first-order valence-electron chi connectivity index (χ1n) is 8.20. The van der Waals surface area contributed by atoms with Gasteiger partial charge >= 0.3 is 0 Å². The molecule has 122 valence electrons. The number of benzene rings is 2. The maximum Gasteiger partial charge on any atom is 0.152 e. The van der Waals surface area contributed by atoms with Gasteiger partial charge in [-0.3, -0.25) is 4.79 Å². The number of rotatable bonds is 3. The molecule has 4 rings (SSSR count). The average molecular weight is 339 g/mol. The molecule has 0 amide bonds. The van der Waals surface area contributed by atoms with E-state index in [4.69, 9.17) is 11.6 Å². The van der Waals surface area contributed by atoms with E-state index in [2.05, 4.69) is 41.2 Å². The quantitative estimate of drug-likeness (QED) is 0.701. The van der Waals surface area contributed by atoms with E-state index in [1.165, 1.54) is 12.0 Å². The number of nitrogens with one attached hydrogen (secondary N) is 1. The molecule has 1 atom stereocenters. The second-order valence-electron chi connectivity index (χ2n) is 6.61. The number of carbonyl (C=O) groups excluding carboxylic acids is 1. The van der Waals surface area contributed by atoms with Crippen LogP contribution in [-0.4, -0.2) is 36.3 Å². The lowest BCUT2D eigenvalue weighted by Crippen LogP contribution is -2.13. The molecule has 4 heteroatoms. The summed E-state index contributed by atoms with van der Waals surface area (Å²) in [6.07, 6.45) is 3.81. The van der Waals surface area contributed by atoms with Gasteiger partial charge in [0.15, 0.2) is 6.29 Å². The number of hydrogen-bond donors (Lipinski definition) is 1. The summed E-state index contributed by atoms with van der Waals surface area (Å²) < 4.78 is 0. The van der Waals surface area contributed by atoms with Gasteiger partial charge in [0.05, 0.1) is 5.02 Å². The highest BCUT2D eigenvalue weighted by molar-refractivity contribution is 6.34. The maximum absolute atomic E-state index is 11.2. The first-order chi connectivity index (χ1) is 11.7. The van der Waals surface area contributed by atoms with Gasteiger partial charge in [0.25, 0.3) is 0 Å². The van der Waals surface area contributed by atoms with E-state index in [1.807, 2.05) is 12.1 Å². The van der Waals surface area contributed by atoms with Gasteiger partial charge in [0, 0.05) is 34.8 Å². The van der Waals surface area contributed by atoms with Crippen LogP contribution < -0.4 is 0 Å². The molecule has 1 aliphatic rings. The van der Waals surface area contributed by atoms with E-state index in [0.29, 0.717) is 16.5 Å². The number of carbonyl (C=O) groups is 1. The third kappa shape index (κ3) is 2.64. The summed E-state index contributed by atoms with van der Waals surface area (Å²) in [5, 5.41) is 1.60. The highest BCUT2D eigenvalue weighted by Crippen LogP contribution is 2.34. The van der Waals surface area contributed by atoms with Crippen LogP contribution in [0.25, 0.3) is 22.0 Å². The molecule has 0 unspecified atom stereocenters. The zero-order valence-corrected chi connectivity index (χ0v) is 14.3. The molecule has 0 radical (unpaired) electrons. The van der Waals surface area contributed by atoms with Crippen LogP contribution in [0.3, 0.4) is 0 Å². The molecule has 24 heavy (non-hydrogen) atoms. The van der Waals surface area contributed by atoms with Gasteiger partial charge in [-0.2, -0.15) is 0 Å². The van der Waals surface area contributed by atoms with Crippen LogP contribution in [-0.2, 0) is 0 Å². The van der Waals surface area contributed by atoms with Gasteiger partial charge in [-0.1, -0.05) is 35.9 Å². The lowest BCUT2D eigenvalue weighted by Gasteiger charge is -2.12. The smallest absolute Gasteiger partial charge is 0.152 e. The molecule has 1 aliphatic heterocycles. The van der Waals surface area contributed by atoms with E-state index in [1.54, 1.807) is 6.20 Å². The monoisotopic (exact) mass is 338 g/mol. The summed E-state index contributed by atoms with van der Waals surface area (Å²) in [5.74, 6) is 0.619. The number of aromatic amines is 1. The summed E-state index contributed by atoms with van der Waals surface area (Å²) in [6, 6.07) is 12.6. The van der Waals surface area contributed by atoms with Crippen molar-refractivity contribution in [3.63, 3.8) is 0 Å². The van der Waals surface area contributed by atoms with Crippen LogP contribution in [0.5, 0.6) is 0 Å². The van der Waals surface area contributed by atoms with Gasteiger partial charge in [0.1, 0.15) is 0 Å². The molecular weight excluding hydrogens is 320 g/mol.